The average molecular weight is 316 g/mol. The van der Waals surface area contributed by atoms with Gasteiger partial charge in [0.25, 0.3) is 5.56 Å². The first kappa shape index (κ1) is 15.2. The first-order chi connectivity index (χ1) is 11.1. The van der Waals surface area contributed by atoms with Gasteiger partial charge in [-0.1, -0.05) is 25.1 Å². The summed E-state index contributed by atoms with van der Waals surface area (Å²) in [6.07, 6.45) is -0.0407. The lowest BCUT2D eigenvalue weighted by Gasteiger charge is -2.22. The molecule has 3 atom stereocenters. The van der Waals surface area contributed by atoms with Crippen LogP contribution in [0.2, 0.25) is 0 Å². The molecule has 7 heteroatoms. The van der Waals surface area contributed by atoms with Gasteiger partial charge in [-0.25, -0.2) is 9.59 Å². The zero-order valence-electron chi connectivity index (χ0n) is 12.5. The lowest BCUT2D eigenvalue weighted by molar-refractivity contribution is -0.0352. The highest BCUT2D eigenvalue weighted by Crippen LogP contribution is 2.30. The van der Waals surface area contributed by atoms with Crippen molar-refractivity contribution in [2.75, 3.05) is 6.61 Å². The first-order valence-electron chi connectivity index (χ1n) is 7.25. The van der Waals surface area contributed by atoms with E-state index in [1.807, 2.05) is 6.92 Å². The number of ether oxygens (including phenoxy) is 2. The minimum atomic E-state index is -0.762. The number of aromatic amines is 1. The Kier molecular flexibility index (Phi) is 4.12. The van der Waals surface area contributed by atoms with Gasteiger partial charge in [0.1, 0.15) is 0 Å². The predicted octanol–water partition coefficient (Wildman–Crippen LogP) is 0.927. The summed E-state index contributed by atoms with van der Waals surface area (Å²) in [7, 11) is 0. The number of H-pyrrole nitrogens is 1. The summed E-state index contributed by atoms with van der Waals surface area (Å²) in [5.41, 5.74) is -0.661. The lowest BCUT2D eigenvalue weighted by atomic mass is 10.1. The molecule has 0 unspecified atom stereocenters. The van der Waals surface area contributed by atoms with Crippen LogP contribution in [-0.2, 0) is 9.47 Å². The molecular weight excluding hydrogens is 300 g/mol. The van der Waals surface area contributed by atoms with E-state index in [9.17, 15) is 14.4 Å². The topological polar surface area (TPSA) is 90.4 Å². The molecule has 1 aliphatic rings. The number of nitrogens with one attached hydrogen (secondary N) is 1. The summed E-state index contributed by atoms with van der Waals surface area (Å²) in [6.45, 7) is 2.22. The zero-order valence-corrected chi connectivity index (χ0v) is 12.5. The number of hydrogen-bond donors (Lipinski definition) is 1. The van der Waals surface area contributed by atoms with Crippen molar-refractivity contribution in [2.45, 2.75) is 19.3 Å². The maximum absolute atomic E-state index is 12.2. The Morgan fingerprint density at radius 3 is 2.70 bits per heavy atom. The largest absolute Gasteiger partial charge is 0.454 e. The minimum Gasteiger partial charge on any atom is -0.454 e. The highest BCUT2D eigenvalue weighted by atomic mass is 16.6. The van der Waals surface area contributed by atoms with Crippen LogP contribution in [0.15, 0.2) is 52.2 Å². The fourth-order valence-corrected chi connectivity index (χ4v) is 2.53. The van der Waals surface area contributed by atoms with Gasteiger partial charge >= 0.3 is 11.7 Å². The van der Waals surface area contributed by atoms with Gasteiger partial charge in [0.2, 0.25) is 0 Å². The fourth-order valence-electron chi connectivity index (χ4n) is 2.53. The molecule has 1 fully saturated rings. The molecule has 0 bridgehead atoms. The van der Waals surface area contributed by atoms with Gasteiger partial charge in [0.05, 0.1) is 12.2 Å². The third kappa shape index (κ3) is 3.09. The van der Waals surface area contributed by atoms with Gasteiger partial charge in [-0.3, -0.25) is 14.3 Å². The molecule has 23 heavy (non-hydrogen) atoms. The lowest BCUT2D eigenvalue weighted by Crippen LogP contribution is -2.37. The molecule has 120 valence electrons. The van der Waals surface area contributed by atoms with E-state index in [1.54, 1.807) is 30.3 Å². The second-order valence-electron chi connectivity index (χ2n) is 5.45. The van der Waals surface area contributed by atoms with Crippen LogP contribution in [0.4, 0.5) is 0 Å². The Hall–Kier alpha value is -2.67. The summed E-state index contributed by atoms with van der Waals surface area (Å²) in [6, 6.07) is 9.84. The molecule has 2 heterocycles. The van der Waals surface area contributed by atoms with Crippen molar-refractivity contribution in [1.82, 2.24) is 9.55 Å². The number of carbonyl (C=O) groups is 1. The van der Waals surface area contributed by atoms with Crippen LogP contribution in [0.1, 0.15) is 23.5 Å². The number of esters is 1. The van der Waals surface area contributed by atoms with E-state index in [0.29, 0.717) is 12.2 Å². The number of benzene rings is 1. The van der Waals surface area contributed by atoms with Gasteiger partial charge in [-0.2, -0.15) is 0 Å². The smallest absolute Gasteiger partial charge is 0.338 e. The number of hydrogen-bond acceptors (Lipinski definition) is 5. The minimum absolute atomic E-state index is 0.0773. The van der Waals surface area contributed by atoms with Crippen LogP contribution in [0, 0.1) is 5.92 Å². The van der Waals surface area contributed by atoms with Crippen LogP contribution in [0.3, 0.4) is 0 Å². The van der Waals surface area contributed by atoms with Gasteiger partial charge in [-0.05, 0) is 12.1 Å². The van der Waals surface area contributed by atoms with Gasteiger partial charge in [0, 0.05) is 18.2 Å². The number of rotatable bonds is 3. The fraction of sp³-hybridized carbons (Fsp3) is 0.312. The molecule has 0 saturated carbocycles. The van der Waals surface area contributed by atoms with E-state index in [-0.39, 0.29) is 5.92 Å². The normalized spacial score (nSPS) is 23.6. The third-order valence-corrected chi connectivity index (χ3v) is 3.75. The highest BCUT2D eigenvalue weighted by molar-refractivity contribution is 5.89. The standard InChI is InChI=1S/C16H16N2O5/c1-10-9-22-14(18-8-7-12(19)17-16(18)21)13(10)23-15(20)11-5-3-2-4-6-11/h2-8,10,13-14H,9H2,1H3,(H,17,19,21)/t10-,13+,14+/m0/s1. The van der Waals surface area contributed by atoms with Gasteiger partial charge in [-0.15, -0.1) is 0 Å². The Bertz CT molecular complexity index is 811. The van der Waals surface area contributed by atoms with E-state index in [0.717, 1.165) is 0 Å². The number of aromatic nitrogens is 2. The SMILES string of the molecule is C[C@H]1CO[C@@H](n2ccc(=O)[nH]c2=O)[C@@H]1OC(=O)c1ccccc1. The predicted molar refractivity (Wildman–Crippen MR) is 81.1 cm³/mol. The van der Waals surface area contributed by atoms with E-state index in [1.165, 1.54) is 16.8 Å². The van der Waals surface area contributed by atoms with Crippen LogP contribution in [0.5, 0.6) is 0 Å². The van der Waals surface area contributed by atoms with E-state index < -0.39 is 29.6 Å². The molecule has 0 amide bonds. The molecule has 1 aromatic heterocycles. The summed E-state index contributed by atoms with van der Waals surface area (Å²) in [5.74, 6) is -0.554. The Morgan fingerprint density at radius 1 is 1.26 bits per heavy atom. The third-order valence-electron chi connectivity index (χ3n) is 3.75. The molecule has 1 aromatic carbocycles. The molecule has 0 aliphatic carbocycles. The van der Waals surface area contributed by atoms with Crippen molar-refractivity contribution >= 4 is 5.97 Å². The summed E-state index contributed by atoms with van der Waals surface area (Å²) >= 11 is 0. The summed E-state index contributed by atoms with van der Waals surface area (Å²) in [5, 5.41) is 0. The van der Waals surface area contributed by atoms with E-state index >= 15 is 0 Å². The van der Waals surface area contributed by atoms with Gasteiger partial charge < -0.3 is 9.47 Å². The van der Waals surface area contributed by atoms with Crippen molar-refractivity contribution in [3.05, 3.63) is 69.0 Å². The molecular formula is C16H16N2O5. The zero-order chi connectivity index (χ0) is 16.4. The van der Waals surface area contributed by atoms with Crippen molar-refractivity contribution in [2.24, 2.45) is 5.92 Å². The van der Waals surface area contributed by atoms with Gasteiger partial charge in [0.15, 0.2) is 12.3 Å². The highest BCUT2D eigenvalue weighted by Gasteiger charge is 2.39. The van der Waals surface area contributed by atoms with Crippen molar-refractivity contribution in [1.29, 1.82) is 0 Å². The van der Waals surface area contributed by atoms with Crippen molar-refractivity contribution in [3.63, 3.8) is 0 Å². The first-order valence-corrected chi connectivity index (χ1v) is 7.25. The Morgan fingerprint density at radius 2 is 2.00 bits per heavy atom. The molecule has 0 radical (unpaired) electrons. The second kappa shape index (κ2) is 6.21. The molecule has 1 aliphatic heterocycles. The molecule has 3 rings (SSSR count). The summed E-state index contributed by atoms with van der Waals surface area (Å²) in [4.78, 5) is 37.5. The van der Waals surface area contributed by atoms with Crippen LogP contribution in [-0.4, -0.2) is 28.2 Å². The second-order valence-corrected chi connectivity index (χ2v) is 5.45. The Balaban J connectivity index is 1.85. The van der Waals surface area contributed by atoms with E-state index in [2.05, 4.69) is 4.98 Å². The number of nitrogens with zero attached hydrogens (tertiary/aromatic N) is 1. The molecule has 7 nitrogen and oxygen atoms in total. The molecule has 2 aromatic rings. The van der Waals surface area contributed by atoms with E-state index in [4.69, 9.17) is 9.47 Å². The number of carbonyl (C=O) groups excluding carboxylic acids is 1. The maximum Gasteiger partial charge on any atom is 0.338 e. The molecule has 1 saturated heterocycles. The Labute approximate surface area is 131 Å². The molecule has 1 N–H and O–H groups in total. The van der Waals surface area contributed by atoms with Crippen molar-refractivity contribution < 1.29 is 14.3 Å². The maximum atomic E-state index is 12.2. The summed E-state index contributed by atoms with van der Waals surface area (Å²) < 4.78 is 12.4. The van der Waals surface area contributed by atoms with Crippen LogP contribution < -0.4 is 11.2 Å². The van der Waals surface area contributed by atoms with Crippen molar-refractivity contribution in [3.8, 4) is 0 Å². The van der Waals surface area contributed by atoms with Crippen LogP contribution in [0.25, 0.3) is 0 Å². The monoisotopic (exact) mass is 316 g/mol. The average Bonchev–Trinajstić information content (AvgIpc) is 2.89. The quantitative estimate of drug-likeness (QED) is 0.851. The van der Waals surface area contributed by atoms with Crippen LogP contribution >= 0.6 is 0 Å². The molecule has 0 spiro atoms.